The van der Waals surface area contributed by atoms with E-state index in [-0.39, 0.29) is 53.8 Å². The van der Waals surface area contributed by atoms with Crippen molar-refractivity contribution in [2.75, 3.05) is 42.6 Å². The first-order valence-corrected chi connectivity index (χ1v) is 10.6. The minimum atomic E-state index is -3.07. The molecule has 1 heterocycles. The van der Waals surface area contributed by atoms with Gasteiger partial charge in [-0.15, -0.1) is 24.0 Å². The molecular weight excluding hydrogens is 489 g/mol. The van der Waals surface area contributed by atoms with Crippen LogP contribution in [0.5, 0.6) is 0 Å². The SMILES string of the molecule is CCNC(=NCCS(=O)(=O)CC)NC1CCN(c2c(F)cccc2F)C1.I. The topological polar surface area (TPSA) is 73.8 Å². The van der Waals surface area contributed by atoms with E-state index in [0.29, 0.717) is 32.0 Å². The zero-order valence-corrected chi connectivity index (χ0v) is 18.7. The van der Waals surface area contributed by atoms with E-state index in [2.05, 4.69) is 15.6 Å². The van der Waals surface area contributed by atoms with Crippen LogP contribution in [-0.2, 0) is 9.84 Å². The molecule has 1 atom stereocenters. The molecule has 1 aliphatic heterocycles. The fourth-order valence-corrected chi connectivity index (χ4v) is 3.48. The molecule has 2 N–H and O–H groups in total. The van der Waals surface area contributed by atoms with Crippen molar-refractivity contribution in [1.82, 2.24) is 10.6 Å². The number of para-hydroxylation sites is 1. The number of aliphatic imine (C=N–C) groups is 1. The highest BCUT2D eigenvalue weighted by Gasteiger charge is 2.27. The summed E-state index contributed by atoms with van der Waals surface area (Å²) in [6.45, 7) is 5.29. The third-order valence-electron chi connectivity index (χ3n) is 4.24. The molecule has 6 nitrogen and oxygen atoms in total. The van der Waals surface area contributed by atoms with Gasteiger partial charge in [0.25, 0.3) is 0 Å². The second kappa shape index (κ2) is 11.0. The van der Waals surface area contributed by atoms with Gasteiger partial charge in [-0.05, 0) is 25.5 Å². The quantitative estimate of drug-likeness (QED) is 0.330. The fraction of sp³-hybridized carbons (Fsp3) is 0.588. The van der Waals surface area contributed by atoms with Crippen LogP contribution in [0.3, 0.4) is 0 Å². The normalized spacial score (nSPS) is 17.6. The van der Waals surface area contributed by atoms with E-state index < -0.39 is 21.5 Å². The molecule has 1 unspecified atom stereocenters. The van der Waals surface area contributed by atoms with E-state index in [0.717, 1.165) is 0 Å². The van der Waals surface area contributed by atoms with Crippen LogP contribution in [0.15, 0.2) is 23.2 Å². The number of nitrogens with zero attached hydrogens (tertiary/aromatic N) is 2. The molecule has 0 aliphatic carbocycles. The zero-order valence-electron chi connectivity index (χ0n) is 15.5. The fourth-order valence-electron chi connectivity index (χ4n) is 2.83. The molecule has 0 aromatic heterocycles. The summed E-state index contributed by atoms with van der Waals surface area (Å²) in [5, 5.41) is 6.29. The number of rotatable bonds is 7. The van der Waals surface area contributed by atoms with Crippen LogP contribution in [0, 0.1) is 11.6 Å². The summed E-state index contributed by atoms with van der Waals surface area (Å²) in [5.74, 6) is -0.540. The maximum Gasteiger partial charge on any atom is 0.191 e. The van der Waals surface area contributed by atoms with Gasteiger partial charge in [-0.25, -0.2) is 17.2 Å². The lowest BCUT2D eigenvalue weighted by molar-refractivity contribution is 0.576. The van der Waals surface area contributed by atoms with Gasteiger partial charge >= 0.3 is 0 Å². The van der Waals surface area contributed by atoms with Crippen molar-refractivity contribution in [2.45, 2.75) is 26.3 Å². The standard InChI is InChI=1S/C17H26F2N4O2S.HI/c1-3-20-17(21-9-11-26(24,25)4-2)22-13-8-10-23(12-13)16-14(18)6-5-7-15(16)19;/h5-7,13H,3-4,8-12H2,1-2H3,(H2,20,21,22);1H. The van der Waals surface area contributed by atoms with Crippen LogP contribution >= 0.6 is 24.0 Å². The molecule has 27 heavy (non-hydrogen) atoms. The van der Waals surface area contributed by atoms with Crippen molar-refractivity contribution in [3.05, 3.63) is 29.8 Å². The minimum Gasteiger partial charge on any atom is -0.365 e. The Balaban J connectivity index is 0.00000364. The largest absolute Gasteiger partial charge is 0.365 e. The third-order valence-corrected chi connectivity index (χ3v) is 5.92. The van der Waals surface area contributed by atoms with E-state index in [1.54, 1.807) is 11.8 Å². The van der Waals surface area contributed by atoms with Gasteiger partial charge in [-0.3, -0.25) is 4.99 Å². The molecule has 0 amide bonds. The predicted octanol–water partition coefficient (Wildman–Crippen LogP) is 2.15. The van der Waals surface area contributed by atoms with E-state index in [1.165, 1.54) is 18.2 Å². The Bertz CT molecular complexity index is 726. The highest BCUT2D eigenvalue weighted by molar-refractivity contribution is 14.0. The minimum absolute atomic E-state index is 0. The summed E-state index contributed by atoms with van der Waals surface area (Å²) < 4.78 is 51.0. The average Bonchev–Trinajstić information content (AvgIpc) is 3.03. The second-order valence-electron chi connectivity index (χ2n) is 6.14. The molecule has 0 saturated carbocycles. The van der Waals surface area contributed by atoms with Crippen LogP contribution in [0.4, 0.5) is 14.5 Å². The maximum atomic E-state index is 13.9. The van der Waals surface area contributed by atoms with Gasteiger partial charge in [-0.1, -0.05) is 13.0 Å². The van der Waals surface area contributed by atoms with E-state index in [9.17, 15) is 17.2 Å². The summed E-state index contributed by atoms with van der Waals surface area (Å²) in [6.07, 6.45) is 0.700. The Morgan fingerprint density at radius 3 is 2.56 bits per heavy atom. The molecule has 0 spiro atoms. The first kappa shape index (κ1) is 23.9. The van der Waals surface area contributed by atoms with Crippen molar-refractivity contribution >= 4 is 45.5 Å². The van der Waals surface area contributed by atoms with E-state index in [4.69, 9.17) is 0 Å². The van der Waals surface area contributed by atoms with Crippen molar-refractivity contribution < 1.29 is 17.2 Å². The lowest BCUT2D eigenvalue weighted by Gasteiger charge is -2.21. The van der Waals surface area contributed by atoms with E-state index in [1.807, 2.05) is 6.92 Å². The number of anilines is 1. The Hall–Kier alpha value is -1.17. The predicted molar refractivity (Wildman–Crippen MR) is 116 cm³/mol. The molecule has 2 rings (SSSR count). The van der Waals surface area contributed by atoms with Gasteiger partial charge in [0.15, 0.2) is 15.8 Å². The maximum absolute atomic E-state index is 13.9. The molecule has 1 aromatic carbocycles. The Morgan fingerprint density at radius 2 is 1.96 bits per heavy atom. The average molecular weight is 516 g/mol. The van der Waals surface area contributed by atoms with Gasteiger partial charge in [0.1, 0.15) is 17.3 Å². The van der Waals surface area contributed by atoms with Crippen molar-refractivity contribution in [3.8, 4) is 0 Å². The molecule has 0 radical (unpaired) electrons. The molecule has 1 aliphatic rings. The summed E-state index contributed by atoms with van der Waals surface area (Å²) in [6, 6.07) is 3.81. The molecule has 0 bridgehead atoms. The number of sulfone groups is 1. The molecule has 1 saturated heterocycles. The number of benzene rings is 1. The summed E-state index contributed by atoms with van der Waals surface area (Å²) in [7, 11) is -3.07. The summed E-state index contributed by atoms with van der Waals surface area (Å²) in [4.78, 5) is 5.97. The third kappa shape index (κ3) is 7.05. The summed E-state index contributed by atoms with van der Waals surface area (Å²) in [5.41, 5.74) is -0.00669. The molecule has 1 aromatic rings. The van der Waals surface area contributed by atoms with Gasteiger partial charge in [-0.2, -0.15) is 0 Å². The van der Waals surface area contributed by atoms with Crippen LogP contribution in [0.25, 0.3) is 0 Å². The lowest BCUT2D eigenvalue weighted by atomic mass is 10.2. The zero-order chi connectivity index (χ0) is 19.2. The van der Waals surface area contributed by atoms with Crippen LogP contribution in [0.1, 0.15) is 20.3 Å². The molecule has 154 valence electrons. The van der Waals surface area contributed by atoms with Gasteiger partial charge in [0.05, 0.1) is 12.3 Å². The van der Waals surface area contributed by atoms with Gasteiger partial charge < -0.3 is 15.5 Å². The monoisotopic (exact) mass is 516 g/mol. The lowest BCUT2D eigenvalue weighted by Crippen LogP contribution is -2.45. The van der Waals surface area contributed by atoms with Crippen LogP contribution < -0.4 is 15.5 Å². The summed E-state index contributed by atoms with van der Waals surface area (Å²) >= 11 is 0. The second-order valence-corrected chi connectivity index (χ2v) is 8.62. The van der Waals surface area contributed by atoms with Crippen LogP contribution in [-0.4, -0.2) is 58.1 Å². The van der Waals surface area contributed by atoms with Crippen LogP contribution in [0.2, 0.25) is 0 Å². The van der Waals surface area contributed by atoms with Crippen molar-refractivity contribution in [1.29, 1.82) is 0 Å². The Kier molecular flexibility index (Phi) is 9.71. The number of halogens is 3. The first-order chi connectivity index (χ1) is 12.4. The van der Waals surface area contributed by atoms with Gasteiger partial charge in [0.2, 0.25) is 0 Å². The van der Waals surface area contributed by atoms with E-state index >= 15 is 0 Å². The Morgan fingerprint density at radius 1 is 1.30 bits per heavy atom. The number of hydrogen-bond acceptors (Lipinski definition) is 4. The van der Waals surface area contributed by atoms with Crippen molar-refractivity contribution in [3.63, 3.8) is 0 Å². The first-order valence-electron chi connectivity index (χ1n) is 8.80. The Labute approximate surface area is 176 Å². The highest BCUT2D eigenvalue weighted by Crippen LogP contribution is 2.26. The highest BCUT2D eigenvalue weighted by atomic mass is 127. The number of guanidine groups is 1. The van der Waals surface area contributed by atoms with Crippen molar-refractivity contribution in [2.24, 2.45) is 4.99 Å². The molecule has 1 fully saturated rings. The number of nitrogens with one attached hydrogen (secondary N) is 2. The number of hydrogen-bond donors (Lipinski definition) is 2. The molecule has 10 heteroatoms. The van der Waals surface area contributed by atoms with Gasteiger partial charge in [0, 0.05) is 31.4 Å². The molecular formula is C17H27F2IN4O2S. The smallest absolute Gasteiger partial charge is 0.191 e.